The lowest BCUT2D eigenvalue weighted by Gasteiger charge is -2.21. The Balaban J connectivity index is 1.79. The Hall–Kier alpha value is -1.58. The number of benzene rings is 1. The summed E-state index contributed by atoms with van der Waals surface area (Å²) in [6.45, 7) is 0.573. The van der Waals surface area contributed by atoms with E-state index < -0.39 is 31.0 Å². The summed E-state index contributed by atoms with van der Waals surface area (Å²) in [7, 11) is -4.40. The van der Waals surface area contributed by atoms with Gasteiger partial charge in [0.15, 0.2) is 31.2 Å². The van der Waals surface area contributed by atoms with Crippen molar-refractivity contribution in [3.8, 4) is 11.5 Å². The monoisotopic (exact) mass is 443 g/mol. The van der Waals surface area contributed by atoms with E-state index in [-0.39, 0.29) is 16.4 Å². The van der Waals surface area contributed by atoms with Crippen molar-refractivity contribution in [2.24, 2.45) is 0 Å². The second-order valence-electron chi connectivity index (χ2n) is 7.60. The molecule has 0 amide bonds. The second-order valence-corrected chi connectivity index (χ2v) is 11.9. The predicted octanol–water partition coefficient (Wildman–Crippen LogP) is 2.12. The number of hydrogen-bond acceptors (Lipinski definition) is 7. The maximum atomic E-state index is 13.3. The third kappa shape index (κ3) is 5.13. The highest BCUT2D eigenvalue weighted by molar-refractivity contribution is 7.96. The molecule has 29 heavy (non-hydrogen) atoms. The van der Waals surface area contributed by atoms with E-state index in [1.807, 2.05) is 0 Å². The van der Waals surface area contributed by atoms with Crippen LogP contribution in [0, 0.1) is 0 Å². The van der Waals surface area contributed by atoms with Gasteiger partial charge in [-0.25, -0.2) is 16.8 Å². The standard InChI is InChI=1S/C20H29NO6S2/c1-26-18-9-8-16(12-19(18)27-2)29(24,25)20-14-28(22,23)13-17(20)21-11-10-15-6-4-3-5-7-15/h6,8-9,12,17,20-21H,3-5,7,10-11,13-14H2,1-2H3/t17-,20-/m0/s1. The molecule has 7 nitrogen and oxygen atoms in total. The van der Waals surface area contributed by atoms with E-state index in [1.165, 1.54) is 50.8 Å². The van der Waals surface area contributed by atoms with E-state index in [1.54, 1.807) is 0 Å². The van der Waals surface area contributed by atoms with Crippen molar-refractivity contribution < 1.29 is 26.3 Å². The molecule has 1 heterocycles. The fourth-order valence-electron chi connectivity index (χ4n) is 4.03. The summed E-state index contributed by atoms with van der Waals surface area (Å²) in [5.74, 6) is 0.178. The SMILES string of the molecule is COc1ccc(S(=O)(=O)[C@H]2CS(=O)(=O)C[C@@H]2NCCC2=CCCCC2)cc1OC. The largest absolute Gasteiger partial charge is 0.493 e. The number of nitrogens with one attached hydrogen (secondary N) is 1. The van der Waals surface area contributed by atoms with Gasteiger partial charge in [-0.3, -0.25) is 0 Å². The Morgan fingerprint density at radius 2 is 1.86 bits per heavy atom. The van der Waals surface area contributed by atoms with Crippen molar-refractivity contribution in [1.82, 2.24) is 5.32 Å². The number of rotatable bonds is 8. The average molecular weight is 444 g/mol. The fraction of sp³-hybridized carbons (Fsp3) is 0.600. The van der Waals surface area contributed by atoms with Crippen LogP contribution in [0.2, 0.25) is 0 Å². The van der Waals surface area contributed by atoms with E-state index in [9.17, 15) is 16.8 Å². The van der Waals surface area contributed by atoms with Crippen molar-refractivity contribution >= 4 is 19.7 Å². The van der Waals surface area contributed by atoms with Crippen molar-refractivity contribution in [1.29, 1.82) is 0 Å². The molecule has 2 atom stereocenters. The van der Waals surface area contributed by atoms with Crippen LogP contribution in [0.3, 0.4) is 0 Å². The quantitative estimate of drug-likeness (QED) is 0.615. The van der Waals surface area contributed by atoms with Crippen LogP contribution in [-0.4, -0.2) is 60.4 Å². The third-order valence-corrected chi connectivity index (χ3v) is 9.77. The molecular weight excluding hydrogens is 414 g/mol. The molecule has 2 aliphatic rings. The van der Waals surface area contributed by atoms with Crippen LogP contribution in [0.4, 0.5) is 0 Å². The molecular formula is C20H29NO6S2. The molecule has 0 aromatic heterocycles. The second kappa shape index (κ2) is 9.06. The van der Waals surface area contributed by atoms with Gasteiger partial charge < -0.3 is 14.8 Å². The third-order valence-electron chi connectivity index (χ3n) is 5.62. The summed E-state index contributed by atoms with van der Waals surface area (Å²) in [5, 5.41) is 2.18. The van der Waals surface area contributed by atoms with Crippen molar-refractivity contribution in [3.63, 3.8) is 0 Å². The topological polar surface area (TPSA) is 98.8 Å². The summed E-state index contributed by atoms with van der Waals surface area (Å²) in [6.07, 6.45) is 7.61. The number of allylic oxidation sites excluding steroid dienone is 1. The number of hydrogen-bond donors (Lipinski definition) is 1. The highest BCUT2D eigenvalue weighted by atomic mass is 32.2. The molecule has 1 fully saturated rings. The molecule has 1 aliphatic carbocycles. The van der Waals surface area contributed by atoms with E-state index in [0.29, 0.717) is 18.0 Å². The molecule has 3 rings (SSSR count). The lowest BCUT2D eigenvalue weighted by molar-refractivity contribution is 0.354. The van der Waals surface area contributed by atoms with Gasteiger partial charge in [0.25, 0.3) is 0 Å². The van der Waals surface area contributed by atoms with E-state index >= 15 is 0 Å². The zero-order valence-electron chi connectivity index (χ0n) is 16.9. The van der Waals surface area contributed by atoms with Crippen molar-refractivity contribution in [2.45, 2.75) is 48.3 Å². The number of ether oxygens (including phenoxy) is 2. The first-order valence-electron chi connectivity index (χ1n) is 9.84. The Kier molecular flexibility index (Phi) is 6.90. The van der Waals surface area contributed by atoms with E-state index in [2.05, 4.69) is 11.4 Å². The fourth-order valence-corrected chi connectivity index (χ4v) is 8.76. The molecule has 1 saturated heterocycles. The summed E-state index contributed by atoms with van der Waals surface area (Å²) >= 11 is 0. The van der Waals surface area contributed by atoms with Crippen LogP contribution in [0.1, 0.15) is 32.1 Å². The Morgan fingerprint density at radius 3 is 2.52 bits per heavy atom. The zero-order valence-corrected chi connectivity index (χ0v) is 18.5. The Morgan fingerprint density at radius 1 is 1.10 bits per heavy atom. The molecule has 0 spiro atoms. The van der Waals surface area contributed by atoms with Crippen LogP contribution in [0.25, 0.3) is 0 Å². The van der Waals surface area contributed by atoms with Crippen LogP contribution in [0.5, 0.6) is 11.5 Å². The molecule has 9 heteroatoms. The molecule has 162 valence electrons. The van der Waals surface area contributed by atoms with Crippen LogP contribution in [-0.2, 0) is 19.7 Å². The van der Waals surface area contributed by atoms with Gasteiger partial charge in [0.2, 0.25) is 0 Å². The molecule has 0 bridgehead atoms. The van der Waals surface area contributed by atoms with E-state index in [4.69, 9.17) is 9.47 Å². The molecule has 0 unspecified atom stereocenters. The smallest absolute Gasteiger partial charge is 0.183 e. The maximum absolute atomic E-state index is 13.3. The average Bonchev–Trinajstić information content (AvgIpc) is 3.03. The van der Waals surface area contributed by atoms with Crippen molar-refractivity contribution in [2.75, 3.05) is 32.3 Å². The Bertz CT molecular complexity index is 969. The minimum absolute atomic E-state index is 0.0408. The molecule has 1 aromatic rings. The van der Waals surface area contributed by atoms with Gasteiger partial charge in [-0.15, -0.1) is 0 Å². The molecule has 1 aliphatic heterocycles. The van der Waals surface area contributed by atoms with Gasteiger partial charge in [-0.2, -0.15) is 0 Å². The van der Waals surface area contributed by atoms with Gasteiger partial charge in [-0.1, -0.05) is 11.6 Å². The molecule has 1 N–H and O–H groups in total. The Labute approximate surface area is 173 Å². The predicted molar refractivity (Wildman–Crippen MR) is 112 cm³/mol. The van der Waals surface area contributed by atoms with Crippen LogP contribution >= 0.6 is 0 Å². The zero-order chi connectivity index (χ0) is 21.1. The highest BCUT2D eigenvalue weighted by Gasteiger charge is 2.45. The van der Waals surface area contributed by atoms with Gasteiger partial charge in [0.1, 0.15) is 0 Å². The minimum atomic E-state index is -3.86. The van der Waals surface area contributed by atoms with Gasteiger partial charge >= 0.3 is 0 Å². The molecule has 0 saturated carbocycles. The van der Waals surface area contributed by atoms with Crippen LogP contribution < -0.4 is 14.8 Å². The number of methoxy groups -OCH3 is 2. The van der Waals surface area contributed by atoms with Gasteiger partial charge in [0, 0.05) is 12.1 Å². The lowest BCUT2D eigenvalue weighted by atomic mass is 9.97. The minimum Gasteiger partial charge on any atom is -0.493 e. The normalized spacial score (nSPS) is 24.1. The van der Waals surface area contributed by atoms with E-state index in [0.717, 1.165) is 19.3 Å². The van der Waals surface area contributed by atoms with Crippen molar-refractivity contribution in [3.05, 3.63) is 29.8 Å². The first kappa shape index (κ1) is 22.1. The summed E-state index contributed by atoms with van der Waals surface area (Å²) < 4.78 is 61.4. The summed E-state index contributed by atoms with van der Waals surface area (Å²) in [6, 6.07) is 3.73. The lowest BCUT2D eigenvalue weighted by Crippen LogP contribution is -2.43. The molecule has 1 aromatic carbocycles. The summed E-state index contributed by atoms with van der Waals surface area (Å²) in [4.78, 5) is 0.0408. The highest BCUT2D eigenvalue weighted by Crippen LogP contribution is 2.33. The molecule has 0 radical (unpaired) electrons. The summed E-state index contributed by atoms with van der Waals surface area (Å²) in [5.41, 5.74) is 1.36. The van der Waals surface area contributed by atoms with Crippen LogP contribution in [0.15, 0.2) is 34.7 Å². The first-order chi connectivity index (χ1) is 13.8. The maximum Gasteiger partial charge on any atom is 0.183 e. The number of sulfone groups is 2. The first-order valence-corrected chi connectivity index (χ1v) is 13.2. The van der Waals surface area contributed by atoms with Gasteiger partial charge in [0.05, 0.1) is 35.9 Å². The van der Waals surface area contributed by atoms with Gasteiger partial charge in [-0.05, 0) is 50.8 Å².